The van der Waals surface area contributed by atoms with Crippen LogP contribution in [0.25, 0.3) is 0 Å². The fourth-order valence-electron chi connectivity index (χ4n) is 2.45. The molecule has 18 heavy (non-hydrogen) atoms. The van der Waals surface area contributed by atoms with Crippen molar-refractivity contribution in [1.29, 1.82) is 0 Å². The number of nitrogens with zero attached hydrogens (tertiary/aromatic N) is 2. The Morgan fingerprint density at radius 1 is 1.28 bits per heavy atom. The molecule has 4 heteroatoms. The van der Waals surface area contributed by atoms with E-state index in [1.807, 2.05) is 37.4 Å². The number of hydrogen-bond acceptors (Lipinski definition) is 2. The van der Waals surface area contributed by atoms with Gasteiger partial charge in [0.25, 0.3) is 5.91 Å². The Kier molecular flexibility index (Phi) is 2.63. The SMILES string of the molecule is Cn1nc2c(c1NC(=O)c1ccccc1)CCC2. The highest BCUT2D eigenvalue weighted by Crippen LogP contribution is 2.28. The molecule has 0 saturated heterocycles. The van der Waals surface area contributed by atoms with E-state index in [1.54, 1.807) is 4.68 Å². The van der Waals surface area contributed by atoms with Gasteiger partial charge in [0.1, 0.15) is 5.82 Å². The maximum absolute atomic E-state index is 12.1. The minimum absolute atomic E-state index is 0.0756. The number of carbonyl (C=O) groups is 1. The maximum atomic E-state index is 12.1. The van der Waals surface area contributed by atoms with Crippen LogP contribution in [0, 0.1) is 0 Å². The smallest absolute Gasteiger partial charge is 0.256 e. The highest BCUT2D eigenvalue weighted by atomic mass is 16.1. The van der Waals surface area contributed by atoms with Gasteiger partial charge in [-0.3, -0.25) is 9.48 Å². The van der Waals surface area contributed by atoms with Gasteiger partial charge in [-0.1, -0.05) is 18.2 Å². The molecule has 4 nitrogen and oxygen atoms in total. The molecule has 1 amide bonds. The molecule has 1 heterocycles. The molecule has 92 valence electrons. The zero-order valence-electron chi connectivity index (χ0n) is 10.3. The van der Waals surface area contributed by atoms with Crippen molar-refractivity contribution in [3.8, 4) is 0 Å². The molecule has 0 unspecified atom stereocenters. The number of carbonyl (C=O) groups excluding carboxylic acids is 1. The lowest BCUT2D eigenvalue weighted by atomic mass is 10.2. The summed E-state index contributed by atoms with van der Waals surface area (Å²) in [5.41, 5.74) is 2.99. The third kappa shape index (κ3) is 1.79. The van der Waals surface area contributed by atoms with E-state index >= 15 is 0 Å². The summed E-state index contributed by atoms with van der Waals surface area (Å²) in [5.74, 6) is 0.768. The van der Waals surface area contributed by atoms with Crippen LogP contribution in [0.2, 0.25) is 0 Å². The number of fused-ring (bicyclic) bond motifs is 1. The summed E-state index contributed by atoms with van der Waals surface area (Å²) in [6.07, 6.45) is 3.16. The number of anilines is 1. The highest BCUT2D eigenvalue weighted by Gasteiger charge is 2.22. The molecular weight excluding hydrogens is 226 g/mol. The van der Waals surface area contributed by atoms with Crippen molar-refractivity contribution in [2.24, 2.45) is 7.05 Å². The van der Waals surface area contributed by atoms with Gasteiger partial charge in [0.05, 0.1) is 5.69 Å². The minimum Gasteiger partial charge on any atom is -0.307 e. The first-order chi connectivity index (χ1) is 8.75. The summed E-state index contributed by atoms with van der Waals surface area (Å²) >= 11 is 0. The predicted molar refractivity (Wildman–Crippen MR) is 69.6 cm³/mol. The van der Waals surface area contributed by atoms with E-state index in [9.17, 15) is 4.79 Å². The Balaban J connectivity index is 1.87. The Labute approximate surface area is 106 Å². The van der Waals surface area contributed by atoms with Crippen LogP contribution in [-0.2, 0) is 19.9 Å². The molecule has 0 aliphatic heterocycles. The number of amides is 1. The number of aryl methyl sites for hydroxylation is 2. The summed E-state index contributed by atoms with van der Waals surface area (Å²) in [4.78, 5) is 12.1. The summed E-state index contributed by atoms with van der Waals surface area (Å²) in [6.45, 7) is 0. The molecule has 0 spiro atoms. The first-order valence-corrected chi connectivity index (χ1v) is 6.17. The highest BCUT2D eigenvalue weighted by molar-refractivity contribution is 6.04. The number of hydrogen-bond donors (Lipinski definition) is 1. The minimum atomic E-state index is -0.0756. The fourth-order valence-corrected chi connectivity index (χ4v) is 2.45. The molecule has 1 aliphatic carbocycles. The van der Waals surface area contributed by atoms with E-state index in [0.29, 0.717) is 5.56 Å². The quantitative estimate of drug-likeness (QED) is 0.875. The van der Waals surface area contributed by atoms with Crippen molar-refractivity contribution >= 4 is 11.7 Å². The van der Waals surface area contributed by atoms with E-state index in [4.69, 9.17) is 0 Å². The Bertz CT molecular complexity index is 587. The Morgan fingerprint density at radius 2 is 2.06 bits per heavy atom. The molecule has 1 aromatic heterocycles. The van der Waals surface area contributed by atoms with E-state index in [2.05, 4.69) is 10.4 Å². The Hall–Kier alpha value is -2.10. The normalized spacial score (nSPS) is 13.4. The molecule has 2 aromatic rings. The van der Waals surface area contributed by atoms with Crippen LogP contribution in [0.15, 0.2) is 30.3 Å². The van der Waals surface area contributed by atoms with Gasteiger partial charge < -0.3 is 5.32 Å². The number of benzene rings is 1. The topological polar surface area (TPSA) is 46.9 Å². The number of rotatable bonds is 2. The number of aromatic nitrogens is 2. The number of nitrogens with one attached hydrogen (secondary N) is 1. The van der Waals surface area contributed by atoms with Gasteiger partial charge in [0.15, 0.2) is 0 Å². The molecule has 0 atom stereocenters. The van der Waals surface area contributed by atoms with Crippen LogP contribution in [0.5, 0.6) is 0 Å². The molecule has 3 rings (SSSR count). The van der Waals surface area contributed by atoms with Crippen LogP contribution in [0.4, 0.5) is 5.82 Å². The Morgan fingerprint density at radius 3 is 2.83 bits per heavy atom. The third-order valence-corrected chi connectivity index (χ3v) is 3.34. The van der Waals surface area contributed by atoms with Gasteiger partial charge >= 0.3 is 0 Å². The first-order valence-electron chi connectivity index (χ1n) is 6.17. The standard InChI is InChI=1S/C14H15N3O/c1-17-13(11-8-5-9-12(11)16-17)15-14(18)10-6-3-2-4-7-10/h2-4,6-7H,5,8-9H2,1H3,(H,15,18). The lowest BCUT2D eigenvalue weighted by molar-refractivity contribution is 0.102. The molecule has 0 bridgehead atoms. The summed E-state index contributed by atoms with van der Waals surface area (Å²) < 4.78 is 1.77. The zero-order valence-corrected chi connectivity index (χ0v) is 10.3. The van der Waals surface area contributed by atoms with Crippen molar-refractivity contribution in [2.45, 2.75) is 19.3 Å². The summed E-state index contributed by atoms with van der Waals surface area (Å²) in [7, 11) is 1.87. The molecule has 0 fully saturated rings. The summed E-state index contributed by atoms with van der Waals surface area (Å²) in [5, 5.41) is 7.41. The monoisotopic (exact) mass is 241 g/mol. The van der Waals surface area contributed by atoms with Crippen molar-refractivity contribution in [1.82, 2.24) is 9.78 Å². The van der Waals surface area contributed by atoms with E-state index in [0.717, 1.165) is 30.8 Å². The second kappa shape index (κ2) is 4.29. The van der Waals surface area contributed by atoms with E-state index in [1.165, 1.54) is 5.56 Å². The van der Waals surface area contributed by atoms with Crippen LogP contribution in [0.1, 0.15) is 28.0 Å². The molecule has 0 saturated carbocycles. The van der Waals surface area contributed by atoms with Gasteiger partial charge in [0.2, 0.25) is 0 Å². The van der Waals surface area contributed by atoms with E-state index < -0.39 is 0 Å². The summed E-state index contributed by atoms with van der Waals surface area (Å²) in [6, 6.07) is 9.25. The molecule has 1 N–H and O–H groups in total. The van der Waals surface area contributed by atoms with Crippen molar-refractivity contribution < 1.29 is 4.79 Å². The second-order valence-corrected chi connectivity index (χ2v) is 4.57. The molecule has 1 aromatic carbocycles. The van der Waals surface area contributed by atoms with Crippen LogP contribution in [-0.4, -0.2) is 15.7 Å². The van der Waals surface area contributed by atoms with Crippen LogP contribution >= 0.6 is 0 Å². The van der Waals surface area contributed by atoms with E-state index in [-0.39, 0.29) is 5.91 Å². The van der Waals surface area contributed by atoms with Crippen molar-refractivity contribution in [3.63, 3.8) is 0 Å². The third-order valence-electron chi connectivity index (χ3n) is 3.34. The van der Waals surface area contributed by atoms with Crippen molar-refractivity contribution in [3.05, 3.63) is 47.2 Å². The van der Waals surface area contributed by atoms with Crippen molar-refractivity contribution in [2.75, 3.05) is 5.32 Å². The molecule has 1 aliphatic rings. The largest absolute Gasteiger partial charge is 0.307 e. The molecular formula is C14H15N3O. The lowest BCUT2D eigenvalue weighted by Crippen LogP contribution is -2.15. The fraction of sp³-hybridized carbons (Fsp3) is 0.286. The average molecular weight is 241 g/mol. The lowest BCUT2D eigenvalue weighted by Gasteiger charge is -2.07. The zero-order chi connectivity index (χ0) is 12.5. The van der Waals surface area contributed by atoms with Crippen LogP contribution < -0.4 is 5.32 Å². The van der Waals surface area contributed by atoms with Gasteiger partial charge in [-0.2, -0.15) is 5.10 Å². The van der Waals surface area contributed by atoms with Gasteiger partial charge in [0, 0.05) is 18.2 Å². The van der Waals surface area contributed by atoms with Gasteiger partial charge in [-0.05, 0) is 31.4 Å². The van der Waals surface area contributed by atoms with Crippen LogP contribution in [0.3, 0.4) is 0 Å². The first kappa shape index (κ1) is 11.0. The maximum Gasteiger partial charge on any atom is 0.256 e. The average Bonchev–Trinajstić information content (AvgIpc) is 2.94. The molecule has 0 radical (unpaired) electrons. The second-order valence-electron chi connectivity index (χ2n) is 4.57. The van der Waals surface area contributed by atoms with Gasteiger partial charge in [-0.25, -0.2) is 0 Å². The predicted octanol–water partition coefficient (Wildman–Crippen LogP) is 2.16. The van der Waals surface area contributed by atoms with Gasteiger partial charge in [-0.15, -0.1) is 0 Å².